The topological polar surface area (TPSA) is 117 Å². The third-order valence-corrected chi connectivity index (χ3v) is 6.31. The van der Waals surface area contributed by atoms with Crippen LogP contribution in [0.1, 0.15) is 35.4 Å². The molecule has 26 heavy (non-hydrogen) atoms. The van der Waals surface area contributed by atoms with E-state index in [0.717, 1.165) is 0 Å². The minimum Gasteiger partial charge on any atom is -0.480 e. The van der Waals surface area contributed by atoms with Gasteiger partial charge in [0, 0.05) is 25.2 Å². The number of nitrogens with zero attached hydrogens (tertiary/aromatic N) is 2. The average molecular weight is 388 g/mol. The zero-order valence-electron chi connectivity index (χ0n) is 15.1. The van der Waals surface area contributed by atoms with Crippen LogP contribution < -0.4 is 0 Å². The Labute approximate surface area is 152 Å². The quantitative estimate of drug-likeness (QED) is 0.715. The first kappa shape index (κ1) is 20.4. The van der Waals surface area contributed by atoms with Crippen LogP contribution in [0.4, 0.5) is 0 Å². The first-order valence-electron chi connectivity index (χ1n) is 8.27. The summed E-state index contributed by atoms with van der Waals surface area (Å²) in [5.41, 5.74) is 0.0833. The second-order valence-electron chi connectivity index (χ2n) is 6.32. The van der Waals surface area contributed by atoms with E-state index in [4.69, 9.17) is 9.52 Å². The molecule has 9 nitrogen and oxygen atoms in total. The number of carboxylic acid groups (broad SMARTS) is 1. The third kappa shape index (κ3) is 4.43. The summed E-state index contributed by atoms with van der Waals surface area (Å²) in [6, 6.07) is 1.19. The SMILES string of the molecule is COC(=O)c1cc(S(=O)(=O)N2CCCC(N(C)CC(=O)O)CC2)oc1C. The first-order chi connectivity index (χ1) is 12.2. The van der Waals surface area contributed by atoms with Gasteiger partial charge in [-0.3, -0.25) is 9.69 Å². The maximum absolute atomic E-state index is 12.8. The molecule has 1 unspecified atom stereocenters. The monoisotopic (exact) mass is 388 g/mol. The molecular formula is C16H24N2O7S. The number of aryl methyl sites for hydroxylation is 1. The van der Waals surface area contributed by atoms with Gasteiger partial charge in [-0.05, 0) is 33.2 Å². The highest BCUT2D eigenvalue weighted by Gasteiger charge is 2.32. The zero-order valence-corrected chi connectivity index (χ0v) is 15.9. The number of carboxylic acids is 1. The zero-order chi connectivity index (χ0) is 19.5. The van der Waals surface area contributed by atoms with Gasteiger partial charge in [0.05, 0.1) is 13.7 Å². The van der Waals surface area contributed by atoms with Gasteiger partial charge in [0.15, 0.2) is 0 Å². The summed E-state index contributed by atoms with van der Waals surface area (Å²) >= 11 is 0. The van der Waals surface area contributed by atoms with Crippen molar-refractivity contribution in [2.45, 2.75) is 37.3 Å². The highest BCUT2D eigenvalue weighted by Crippen LogP contribution is 2.26. The van der Waals surface area contributed by atoms with Crippen LogP contribution in [0.3, 0.4) is 0 Å². The molecule has 0 amide bonds. The summed E-state index contributed by atoms with van der Waals surface area (Å²) < 4.78 is 36.9. The minimum atomic E-state index is -3.88. The molecule has 0 aromatic carbocycles. The van der Waals surface area contributed by atoms with Crippen LogP contribution in [0.2, 0.25) is 0 Å². The summed E-state index contributed by atoms with van der Waals surface area (Å²) in [6.07, 6.45) is 1.84. The van der Waals surface area contributed by atoms with Crippen LogP contribution in [-0.4, -0.2) is 74.5 Å². The maximum atomic E-state index is 12.8. The number of hydrogen-bond acceptors (Lipinski definition) is 7. The first-order valence-corrected chi connectivity index (χ1v) is 9.71. The number of aliphatic carboxylic acids is 1. The Morgan fingerprint density at radius 1 is 1.38 bits per heavy atom. The fourth-order valence-corrected chi connectivity index (χ4v) is 4.56. The van der Waals surface area contributed by atoms with Gasteiger partial charge in [0.2, 0.25) is 5.09 Å². The van der Waals surface area contributed by atoms with Crippen molar-refractivity contribution < 1.29 is 32.3 Å². The highest BCUT2D eigenvalue weighted by molar-refractivity contribution is 7.89. The third-order valence-electron chi connectivity index (χ3n) is 4.56. The molecule has 1 aromatic heterocycles. The Morgan fingerprint density at radius 2 is 2.08 bits per heavy atom. The standard InChI is InChI=1S/C16H24N2O7S/c1-11-13(16(21)24-3)9-15(25-11)26(22,23)18-7-4-5-12(6-8-18)17(2)10-14(19)20/h9,12H,4-8,10H2,1-3H3,(H,19,20). The lowest BCUT2D eigenvalue weighted by Gasteiger charge is -2.25. The molecule has 1 aliphatic rings. The summed E-state index contributed by atoms with van der Waals surface area (Å²) in [6.45, 7) is 1.99. The molecule has 2 heterocycles. The van der Waals surface area contributed by atoms with Gasteiger partial charge in [-0.25, -0.2) is 13.2 Å². The number of methoxy groups -OCH3 is 1. The largest absolute Gasteiger partial charge is 0.480 e. The smallest absolute Gasteiger partial charge is 0.341 e. The Bertz CT molecular complexity index is 772. The normalized spacial score (nSPS) is 19.3. The fraction of sp³-hybridized carbons (Fsp3) is 0.625. The second-order valence-corrected chi connectivity index (χ2v) is 8.19. The van der Waals surface area contributed by atoms with E-state index >= 15 is 0 Å². The molecule has 0 radical (unpaired) electrons. The predicted molar refractivity (Wildman–Crippen MR) is 91.4 cm³/mol. The molecule has 1 aromatic rings. The number of carbonyl (C=O) groups is 2. The van der Waals surface area contributed by atoms with Crippen molar-refractivity contribution in [1.29, 1.82) is 0 Å². The Kier molecular flexibility index (Phi) is 6.43. The lowest BCUT2D eigenvalue weighted by Crippen LogP contribution is -2.37. The number of ether oxygens (including phenoxy) is 1. The lowest BCUT2D eigenvalue weighted by atomic mass is 10.1. The maximum Gasteiger partial charge on any atom is 0.341 e. The van der Waals surface area contributed by atoms with Crippen molar-refractivity contribution in [3.63, 3.8) is 0 Å². The summed E-state index contributed by atoms with van der Waals surface area (Å²) in [4.78, 5) is 24.3. The van der Waals surface area contributed by atoms with Crippen LogP contribution >= 0.6 is 0 Å². The fourth-order valence-electron chi connectivity index (χ4n) is 3.10. The van der Waals surface area contributed by atoms with Crippen LogP contribution in [-0.2, 0) is 19.6 Å². The number of furan rings is 1. The van der Waals surface area contributed by atoms with Gasteiger partial charge in [0.1, 0.15) is 11.3 Å². The number of sulfonamides is 1. The van der Waals surface area contributed by atoms with Crippen molar-refractivity contribution in [3.8, 4) is 0 Å². The minimum absolute atomic E-state index is 0.00438. The molecule has 2 rings (SSSR count). The van der Waals surface area contributed by atoms with E-state index in [2.05, 4.69) is 4.74 Å². The van der Waals surface area contributed by atoms with Crippen molar-refractivity contribution in [1.82, 2.24) is 9.21 Å². The van der Waals surface area contributed by atoms with Crippen LogP contribution in [0.25, 0.3) is 0 Å². The van der Waals surface area contributed by atoms with Gasteiger partial charge in [-0.15, -0.1) is 0 Å². The second kappa shape index (κ2) is 8.19. The van der Waals surface area contributed by atoms with E-state index < -0.39 is 22.0 Å². The van der Waals surface area contributed by atoms with Crippen molar-refractivity contribution in [3.05, 3.63) is 17.4 Å². The molecule has 1 aliphatic heterocycles. The molecule has 0 aliphatic carbocycles. The van der Waals surface area contributed by atoms with E-state index in [0.29, 0.717) is 25.8 Å². The number of likely N-dealkylation sites (N-methyl/N-ethyl adjacent to an activating group) is 1. The van der Waals surface area contributed by atoms with Crippen LogP contribution in [0, 0.1) is 6.92 Å². The molecule has 146 valence electrons. The van der Waals surface area contributed by atoms with Crippen LogP contribution in [0.5, 0.6) is 0 Å². The molecule has 1 atom stereocenters. The number of hydrogen-bond donors (Lipinski definition) is 1. The average Bonchev–Trinajstić information content (AvgIpc) is 2.81. The molecule has 0 saturated carbocycles. The molecule has 1 fully saturated rings. The van der Waals surface area contributed by atoms with Gasteiger partial charge in [-0.2, -0.15) is 4.31 Å². The van der Waals surface area contributed by atoms with Gasteiger partial charge in [-0.1, -0.05) is 0 Å². The highest BCUT2D eigenvalue weighted by atomic mass is 32.2. The van der Waals surface area contributed by atoms with Crippen molar-refractivity contribution in [2.24, 2.45) is 0 Å². The lowest BCUT2D eigenvalue weighted by molar-refractivity contribution is -0.138. The van der Waals surface area contributed by atoms with Crippen LogP contribution in [0.15, 0.2) is 15.6 Å². The van der Waals surface area contributed by atoms with E-state index in [1.54, 1.807) is 11.9 Å². The number of rotatable bonds is 6. The number of carbonyl (C=O) groups excluding carboxylic acids is 1. The summed E-state index contributed by atoms with van der Waals surface area (Å²) in [5, 5.41) is 8.63. The number of esters is 1. The molecule has 10 heteroatoms. The van der Waals surface area contributed by atoms with Gasteiger partial charge >= 0.3 is 11.9 Å². The van der Waals surface area contributed by atoms with Crippen molar-refractivity contribution in [2.75, 3.05) is 33.8 Å². The summed E-state index contributed by atoms with van der Waals surface area (Å²) in [7, 11) is -0.939. The Balaban J connectivity index is 2.15. The molecule has 1 N–H and O–H groups in total. The predicted octanol–water partition coefficient (Wildman–Crippen LogP) is 0.934. The van der Waals surface area contributed by atoms with E-state index in [9.17, 15) is 18.0 Å². The molecular weight excluding hydrogens is 364 g/mol. The van der Waals surface area contributed by atoms with E-state index in [1.807, 2.05) is 0 Å². The Morgan fingerprint density at radius 3 is 2.69 bits per heavy atom. The Hall–Kier alpha value is -1.91. The van der Waals surface area contributed by atoms with Gasteiger partial charge in [0.25, 0.3) is 10.0 Å². The van der Waals surface area contributed by atoms with E-state index in [1.165, 1.54) is 24.4 Å². The van der Waals surface area contributed by atoms with E-state index in [-0.39, 0.29) is 35.5 Å². The van der Waals surface area contributed by atoms with Crippen molar-refractivity contribution >= 4 is 22.0 Å². The molecule has 0 bridgehead atoms. The molecule has 0 spiro atoms. The van der Waals surface area contributed by atoms with Gasteiger partial charge < -0.3 is 14.3 Å². The molecule has 1 saturated heterocycles. The summed E-state index contributed by atoms with van der Waals surface area (Å²) in [5.74, 6) is -1.38.